The Labute approximate surface area is 139 Å². The van der Waals surface area contributed by atoms with Gasteiger partial charge in [0, 0.05) is 24.8 Å². The van der Waals surface area contributed by atoms with Gasteiger partial charge in [-0.2, -0.15) is 0 Å². The fraction of sp³-hybridized carbons (Fsp3) is 0.400. The Morgan fingerprint density at radius 1 is 1.48 bits per heavy atom. The standard InChI is InChI=1S/C15H19N3O4S/c1-21-11-5-3-4-10(8-11)17-15(23)18-7-6-16-14(20)12(18)9-13(19)22-2/h3-5,8,12H,6-7,9H2,1-2H3,(H,16,20)(H,17,23)/t12-/m0/s1. The summed E-state index contributed by atoms with van der Waals surface area (Å²) < 4.78 is 9.82. The summed E-state index contributed by atoms with van der Waals surface area (Å²) in [7, 11) is 2.87. The number of thiocarbonyl (C=S) groups is 1. The summed E-state index contributed by atoms with van der Waals surface area (Å²) in [5.74, 6) is -0.00188. The van der Waals surface area contributed by atoms with E-state index in [9.17, 15) is 9.59 Å². The van der Waals surface area contributed by atoms with E-state index in [1.54, 1.807) is 18.1 Å². The molecule has 0 unspecified atom stereocenters. The summed E-state index contributed by atoms with van der Waals surface area (Å²) in [6.07, 6.45) is -0.0533. The molecule has 124 valence electrons. The van der Waals surface area contributed by atoms with Crippen LogP contribution in [0.25, 0.3) is 0 Å². The molecule has 0 spiro atoms. The molecule has 0 bridgehead atoms. The molecule has 1 amide bonds. The van der Waals surface area contributed by atoms with Gasteiger partial charge in [0.25, 0.3) is 0 Å². The molecule has 1 heterocycles. The molecule has 1 aliphatic heterocycles. The van der Waals surface area contributed by atoms with Gasteiger partial charge in [0.05, 0.1) is 20.6 Å². The number of rotatable bonds is 4. The lowest BCUT2D eigenvalue weighted by Gasteiger charge is -2.36. The van der Waals surface area contributed by atoms with Gasteiger partial charge in [-0.05, 0) is 24.4 Å². The lowest BCUT2D eigenvalue weighted by molar-refractivity contribution is -0.144. The highest BCUT2D eigenvalue weighted by Crippen LogP contribution is 2.18. The maximum absolute atomic E-state index is 12.0. The molecule has 7 nitrogen and oxygen atoms in total. The van der Waals surface area contributed by atoms with E-state index in [0.29, 0.717) is 24.0 Å². The molecule has 23 heavy (non-hydrogen) atoms. The van der Waals surface area contributed by atoms with Crippen LogP contribution in [0, 0.1) is 0 Å². The smallest absolute Gasteiger partial charge is 0.308 e. The molecule has 2 rings (SSSR count). The Bertz CT molecular complexity index is 608. The first-order chi connectivity index (χ1) is 11.0. The maximum Gasteiger partial charge on any atom is 0.308 e. The predicted molar refractivity (Wildman–Crippen MR) is 89.4 cm³/mol. The van der Waals surface area contributed by atoms with E-state index in [1.807, 2.05) is 18.2 Å². The van der Waals surface area contributed by atoms with Crippen LogP contribution in [0.15, 0.2) is 24.3 Å². The molecular weight excluding hydrogens is 318 g/mol. The number of benzene rings is 1. The highest BCUT2D eigenvalue weighted by atomic mass is 32.1. The molecule has 1 fully saturated rings. The molecule has 0 saturated carbocycles. The van der Waals surface area contributed by atoms with Crippen molar-refractivity contribution in [2.24, 2.45) is 0 Å². The second-order valence-corrected chi connectivity index (χ2v) is 5.33. The SMILES string of the molecule is COC(=O)C[C@H]1C(=O)NCCN1C(=S)Nc1cccc(OC)c1. The van der Waals surface area contributed by atoms with Gasteiger partial charge >= 0.3 is 5.97 Å². The summed E-state index contributed by atoms with van der Waals surface area (Å²) in [6, 6.07) is 6.61. The highest BCUT2D eigenvalue weighted by molar-refractivity contribution is 7.80. The number of piperazine rings is 1. The minimum atomic E-state index is -0.679. The first-order valence-corrected chi connectivity index (χ1v) is 7.52. The Morgan fingerprint density at radius 3 is 2.96 bits per heavy atom. The summed E-state index contributed by atoms with van der Waals surface area (Å²) in [4.78, 5) is 25.3. The maximum atomic E-state index is 12.0. The monoisotopic (exact) mass is 337 g/mol. The van der Waals surface area contributed by atoms with Gasteiger partial charge in [-0.25, -0.2) is 0 Å². The van der Waals surface area contributed by atoms with E-state index < -0.39 is 12.0 Å². The summed E-state index contributed by atoms with van der Waals surface area (Å²) >= 11 is 5.40. The number of nitrogens with zero attached hydrogens (tertiary/aromatic N) is 1. The van der Waals surface area contributed by atoms with E-state index in [1.165, 1.54) is 7.11 Å². The van der Waals surface area contributed by atoms with Crippen LogP contribution in [0.1, 0.15) is 6.42 Å². The third-order valence-electron chi connectivity index (χ3n) is 3.50. The van der Waals surface area contributed by atoms with Crippen molar-refractivity contribution in [2.75, 3.05) is 32.6 Å². The minimum absolute atomic E-state index is 0.0533. The Morgan fingerprint density at radius 2 is 2.26 bits per heavy atom. The Kier molecular flexibility index (Phi) is 5.75. The van der Waals surface area contributed by atoms with Crippen LogP contribution in [0.5, 0.6) is 5.75 Å². The number of ether oxygens (including phenoxy) is 2. The van der Waals surface area contributed by atoms with Gasteiger partial charge in [0.1, 0.15) is 11.8 Å². The summed E-state index contributed by atoms with van der Waals surface area (Å²) in [5.41, 5.74) is 0.747. The minimum Gasteiger partial charge on any atom is -0.497 e. The number of amides is 1. The van der Waals surface area contributed by atoms with E-state index in [-0.39, 0.29) is 12.3 Å². The molecule has 0 aliphatic carbocycles. The number of esters is 1. The fourth-order valence-electron chi connectivity index (χ4n) is 2.30. The van der Waals surface area contributed by atoms with Crippen LogP contribution in [-0.4, -0.2) is 55.2 Å². The van der Waals surface area contributed by atoms with Crippen LogP contribution in [0.4, 0.5) is 5.69 Å². The van der Waals surface area contributed by atoms with E-state index in [2.05, 4.69) is 15.4 Å². The van der Waals surface area contributed by atoms with E-state index >= 15 is 0 Å². The van der Waals surface area contributed by atoms with Crippen molar-refractivity contribution in [3.8, 4) is 5.75 Å². The lowest BCUT2D eigenvalue weighted by atomic mass is 10.1. The largest absolute Gasteiger partial charge is 0.497 e. The molecule has 1 saturated heterocycles. The number of nitrogens with one attached hydrogen (secondary N) is 2. The molecule has 0 aromatic heterocycles. The van der Waals surface area contributed by atoms with Crippen LogP contribution in [-0.2, 0) is 14.3 Å². The molecular formula is C15H19N3O4S. The van der Waals surface area contributed by atoms with Crippen LogP contribution in [0.3, 0.4) is 0 Å². The molecule has 2 N–H and O–H groups in total. The number of hydrogen-bond acceptors (Lipinski definition) is 5. The fourth-order valence-corrected chi connectivity index (χ4v) is 2.63. The number of methoxy groups -OCH3 is 2. The van der Waals surface area contributed by atoms with Gasteiger partial charge in [0.2, 0.25) is 5.91 Å². The van der Waals surface area contributed by atoms with E-state index in [0.717, 1.165) is 5.69 Å². The van der Waals surface area contributed by atoms with Crippen molar-refractivity contribution in [3.05, 3.63) is 24.3 Å². The third kappa shape index (κ3) is 4.32. The quantitative estimate of drug-likeness (QED) is 0.620. The van der Waals surface area contributed by atoms with Crippen molar-refractivity contribution in [3.63, 3.8) is 0 Å². The average Bonchev–Trinajstić information content (AvgIpc) is 2.56. The number of carbonyl (C=O) groups is 2. The molecule has 1 atom stereocenters. The predicted octanol–water partition coefficient (Wildman–Crippen LogP) is 0.756. The molecule has 1 aromatic carbocycles. The number of carbonyl (C=O) groups excluding carboxylic acids is 2. The van der Waals surface area contributed by atoms with Gasteiger partial charge in [0.15, 0.2) is 5.11 Å². The van der Waals surface area contributed by atoms with Gasteiger partial charge in [-0.1, -0.05) is 6.07 Å². The Hall–Kier alpha value is -2.35. The first-order valence-electron chi connectivity index (χ1n) is 7.11. The normalized spacial score (nSPS) is 17.2. The lowest BCUT2D eigenvalue weighted by Crippen LogP contribution is -2.58. The average molecular weight is 337 g/mol. The summed E-state index contributed by atoms with van der Waals surface area (Å²) in [6.45, 7) is 0.986. The van der Waals surface area contributed by atoms with Crippen molar-refractivity contribution in [1.29, 1.82) is 0 Å². The zero-order chi connectivity index (χ0) is 16.8. The number of anilines is 1. The molecule has 0 radical (unpaired) electrons. The van der Waals surface area contributed by atoms with Gasteiger partial charge in [-0.3, -0.25) is 9.59 Å². The van der Waals surface area contributed by atoms with Crippen molar-refractivity contribution in [2.45, 2.75) is 12.5 Å². The Balaban J connectivity index is 2.11. The zero-order valence-corrected chi connectivity index (χ0v) is 13.8. The first kappa shape index (κ1) is 17.0. The van der Waals surface area contributed by atoms with Crippen molar-refractivity contribution < 1.29 is 19.1 Å². The third-order valence-corrected chi connectivity index (χ3v) is 3.84. The summed E-state index contributed by atoms with van der Waals surface area (Å²) in [5, 5.41) is 6.18. The van der Waals surface area contributed by atoms with E-state index in [4.69, 9.17) is 17.0 Å². The second kappa shape index (κ2) is 7.77. The van der Waals surface area contributed by atoms with Gasteiger partial charge < -0.3 is 25.0 Å². The molecule has 1 aliphatic rings. The van der Waals surface area contributed by atoms with Gasteiger partial charge in [-0.15, -0.1) is 0 Å². The molecule has 8 heteroatoms. The van der Waals surface area contributed by atoms with Crippen LogP contribution in [0.2, 0.25) is 0 Å². The van der Waals surface area contributed by atoms with Crippen LogP contribution >= 0.6 is 12.2 Å². The topological polar surface area (TPSA) is 79.9 Å². The van der Waals surface area contributed by atoms with Crippen molar-refractivity contribution in [1.82, 2.24) is 10.2 Å². The van der Waals surface area contributed by atoms with Crippen LogP contribution < -0.4 is 15.4 Å². The second-order valence-electron chi connectivity index (χ2n) is 4.94. The number of hydrogen-bond donors (Lipinski definition) is 2. The highest BCUT2D eigenvalue weighted by Gasteiger charge is 2.33. The zero-order valence-electron chi connectivity index (χ0n) is 13.0. The van der Waals surface area contributed by atoms with Crippen molar-refractivity contribution >= 4 is 34.9 Å². The molecule has 1 aromatic rings.